The molecule has 5 heteroatoms. The van der Waals surface area contributed by atoms with E-state index >= 15 is 0 Å². The highest BCUT2D eigenvalue weighted by Crippen LogP contribution is 2.46. The third-order valence-corrected chi connectivity index (χ3v) is 7.01. The van der Waals surface area contributed by atoms with Crippen LogP contribution in [0.4, 0.5) is 0 Å². The molecule has 2 unspecified atom stereocenters. The molecule has 1 saturated heterocycles. The summed E-state index contributed by atoms with van der Waals surface area (Å²) in [5, 5.41) is 0. The highest BCUT2D eigenvalue weighted by atomic mass is 35.5. The fourth-order valence-electron chi connectivity index (χ4n) is 4.47. The summed E-state index contributed by atoms with van der Waals surface area (Å²) in [6.07, 6.45) is 2.01. The van der Waals surface area contributed by atoms with Crippen molar-refractivity contribution in [3.8, 4) is 10.4 Å². The molecule has 1 aliphatic heterocycles. The zero-order valence-corrected chi connectivity index (χ0v) is 17.3. The quantitative estimate of drug-likeness (QED) is 0.821. The third-order valence-electron chi connectivity index (χ3n) is 5.81. The highest BCUT2D eigenvalue weighted by Gasteiger charge is 2.36. The van der Waals surface area contributed by atoms with Gasteiger partial charge in [-0.15, -0.1) is 23.7 Å². The lowest BCUT2D eigenvalue weighted by atomic mass is 9.73. The first kappa shape index (κ1) is 19.4. The second-order valence-electron chi connectivity index (χ2n) is 8.22. The number of amides is 1. The molecule has 1 aromatic heterocycles. The Morgan fingerprint density at radius 3 is 2.77 bits per heavy atom. The van der Waals surface area contributed by atoms with Crippen molar-refractivity contribution < 1.29 is 4.79 Å². The minimum Gasteiger partial charge on any atom is -0.335 e. The summed E-state index contributed by atoms with van der Waals surface area (Å²) < 4.78 is 0. The molecule has 26 heavy (non-hydrogen) atoms. The zero-order valence-electron chi connectivity index (χ0n) is 15.6. The molecule has 2 aliphatic rings. The normalized spacial score (nSPS) is 23.2. The predicted molar refractivity (Wildman–Crippen MR) is 111 cm³/mol. The van der Waals surface area contributed by atoms with Gasteiger partial charge in [-0.1, -0.05) is 38.1 Å². The Hall–Kier alpha value is -1.36. The van der Waals surface area contributed by atoms with E-state index in [9.17, 15) is 4.79 Å². The lowest BCUT2D eigenvalue weighted by molar-refractivity contribution is 0.0748. The number of hydrogen-bond acceptors (Lipinski definition) is 3. The van der Waals surface area contributed by atoms with E-state index in [-0.39, 0.29) is 29.8 Å². The summed E-state index contributed by atoms with van der Waals surface area (Å²) in [6.45, 7) is 8.18. The van der Waals surface area contributed by atoms with Crippen LogP contribution in [0.15, 0.2) is 30.3 Å². The molecule has 2 aromatic rings. The summed E-state index contributed by atoms with van der Waals surface area (Å²) >= 11 is 1.66. The summed E-state index contributed by atoms with van der Waals surface area (Å²) in [6, 6.07) is 11.1. The van der Waals surface area contributed by atoms with E-state index in [1.165, 1.54) is 21.6 Å². The molecule has 3 nitrogen and oxygen atoms in total. The molecule has 1 amide bonds. The Morgan fingerprint density at radius 1 is 1.35 bits per heavy atom. The second kappa shape index (κ2) is 6.99. The van der Waals surface area contributed by atoms with Crippen LogP contribution in [0.25, 0.3) is 10.4 Å². The van der Waals surface area contributed by atoms with Crippen molar-refractivity contribution >= 4 is 29.7 Å². The van der Waals surface area contributed by atoms with E-state index in [1.54, 1.807) is 11.3 Å². The molecule has 2 N–H and O–H groups in total. The highest BCUT2D eigenvalue weighted by molar-refractivity contribution is 7.17. The topological polar surface area (TPSA) is 46.3 Å². The molecule has 0 saturated carbocycles. The Labute approximate surface area is 166 Å². The van der Waals surface area contributed by atoms with Crippen molar-refractivity contribution in [1.29, 1.82) is 0 Å². The fraction of sp³-hybridized carbons (Fsp3) is 0.476. The van der Waals surface area contributed by atoms with Crippen molar-refractivity contribution in [2.75, 3.05) is 13.1 Å². The molecule has 0 bridgehead atoms. The van der Waals surface area contributed by atoms with Crippen LogP contribution in [0.3, 0.4) is 0 Å². The minimum absolute atomic E-state index is 0. The number of carbonyl (C=O) groups excluding carboxylic acids is 1. The van der Waals surface area contributed by atoms with Crippen molar-refractivity contribution in [2.45, 2.75) is 45.1 Å². The number of nitrogens with two attached hydrogens (primary N) is 1. The smallest absolute Gasteiger partial charge is 0.264 e. The minimum atomic E-state index is 0. The monoisotopic (exact) mass is 390 g/mol. The van der Waals surface area contributed by atoms with Gasteiger partial charge in [0.05, 0.1) is 4.88 Å². The summed E-state index contributed by atoms with van der Waals surface area (Å²) in [7, 11) is 0. The number of halogens is 1. The van der Waals surface area contributed by atoms with Crippen LogP contribution in [-0.2, 0) is 11.8 Å². The maximum atomic E-state index is 13.1. The van der Waals surface area contributed by atoms with Crippen LogP contribution in [-0.4, -0.2) is 29.9 Å². The SMILES string of the molecule is CC1CC(CN)CN1C(=O)c1cc2c(s1)-c1ccccc1C(C)(C)C2.Cl. The molecule has 0 radical (unpaired) electrons. The number of thiophene rings is 1. The van der Waals surface area contributed by atoms with E-state index in [4.69, 9.17) is 5.73 Å². The van der Waals surface area contributed by atoms with Gasteiger partial charge in [0.15, 0.2) is 0 Å². The summed E-state index contributed by atoms with van der Waals surface area (Å²) in [5.41, 5.74) is 9.94. The molecule has 0 spiro atoms. The van der Waals surface area contributed by atoms with Crippen molar-refractivity contribution in [3.05, 3.63) is 46.3 Å². The van der Waals surface area contributed by atoms with Gasteiger partial charge in [-0.2, -0.15) is 0 Å². The molecule has 2 heterocycles. The molecule has 2 atom stereocenters. The van der Waals surface area contributed by atoms with E-state index < -0.39 is 0 Å². The first-order valence-electron chi connectivity index (χ1n) is 9.14. The first-order valence-corrected chi connectivity index (χ1v) is 9.96. The second-order valence-corrected chi connectivity index (χ2v) is 9.27. The molecular formula is C21H27ClN2OS. The van der Waals surface area contributed by atoms with Crippen LogP contribution in [0.1, 0.15) is 48.0 Å². The number of benzene rings is 1. The van der Waals surface area contributed by atoms with Crippen LogP contribution in [0.5, 0.6) is 0 Å². The van der Waals surface area contributed by atoms with E-state index in [0.717, 1.165) is 24.3 Å². The fourth-order valence-corrected chi connectivity index (χ4v) is 5.65. The molecule has 4 rings (SSSR count). The van der Waals surface area contributed by atoms with Crippen LogP contribution >= 0.6 is 23.7 Å². The molecule has 140 valence electrons. The van der Waals surface area contributed by atoms with Crippen molar-refractivity contribution in [3.63, 3.8) is 0 Å². The van der Waals surface area contributed by atoms with Gasteiger partial charge in [0.2, 0.25) is 0 Å². The van der Waals surface area contributed by atoms with Gasteiger partial charge in [-0.3, -0.25) is 4.79 Å². The number of nitrogens with zero attached hydrogens (tertiary/aromatic N) is 1. The van der Waals surface area contributed by atoms with E-state index in [2.05, 4.69) is 51.1 Å². The van der Waals surface area contributed by atoms with Crippen LogP contribution < -0.4 is 5.73 Å². The van der Waals surface area contributed by atoms with Gasteiger partial charge in [-0.05, 0) is 60.4 Å². The zero-order chi connectivity index (χ0) is 17.8. The summed E-state index contributed by atoms with van der Waals surface area (Å²) in [4.78, 5) is 17.3. The van der Waals surface area contributed by atoms with E-state index in [0.29, 0.717) is 12.5 Å². The summed E-state index contributed by atoms with van der Waals surface area (Å²) in [5.74, 6) is 0.617. The Kier molecular flexibility index (Phi) is 5.22. The molecule has 1 fully saturated rings. The Bertz CT molecular complexity index is 829. The standard InChI is InChI=1S/C21H26N2OS.ClH/c1-13-8-14(11-22)12-23(13)20(24)18-9-15-10-21(2,3)17-7-5-4-6-16(17)19(15)25-18;/h4-7,9,13-14H,8,10-12,22H2,1-3H3;1H. The number of hydrogen-bond donors (Lipinski definition) is 1. The predicted octanol–water partition coefficient (Wildman–Crippen LogP) is 4.48. The van der Waals surface area contributed by atoms with Gasteiger partial charge in [0, 0.05) is 17.5 Å². The number of rotatable bonds is 2. The molecular weight excluding hydrogens is 364 g/mol. The Morgan fingerprint density at radius 2 is 2.08 bits per heavy atom. The van der Waals surface area contributed by atoms with Crippen LogP contribution in [0, 0.1) is 5.92 Å². The van der Waals surface area contributed by atoms with Gasteiger partial charge in [-0.25, -0.2) is 0 Å². The number of fused-ring (bicyclic) bond motifs is 3. The maximum Gasteiger partial charge on any atom is 0.264 e. The lowest BCUT2D eigenvalue weighted by Gasteiger charge is -2.32. The first-order chi connectivity index (χ1) is 11.9. The average Bonchev–Trinajstić information content (AvgIpc) is 3.17. The lowest BCUT2D eigenvalue weighted by Crippen LogP contribution is -2.33. The van der Waals surface area contributed by atoms with Gasteiger partial charge >= 0.3 is 0 Å². The van der Waals surface area contributed by atoms with Gasteiger partial charge in [0.1, 0.15) is 0 Å². The molecule has 1 aliphatic carbocycles. The van der Waals surface area contributed by atoms with E-state index in [1.807, 2.05) is 4.90 Å². The van der Waals surface area contributed by atoms with Gasteiger partial charge < -0.3 is 10.6 Å². The number of carbonyl (C=O) groups is 1. The largest absolute Gasteiger partial charge is 0.335 e. The third kappa shape index (κ3) is 3.08. The molecule has 1 aromatic carbocycles. The average molecular weight is 391 g/mol. The van der Waals surface area contributed by atoms with Crippen molar-refractivity contribution in [2.24, 2.45) is 11.7 Å². The van der Waals surface area contributed by atoms with Gasteiger partial charge in [0.25, 0.3) is 5.91 Å². The van der Waals surface area contributed by atoms with Crippen molar-refractivity contribution in [1.82, 2.24) is 4.90 Å². The number of likely N-dealkylation sites (tertiary alicyclic amines) is 1. The maximum absolute atomic E-state index is 13.1. The Balaban J connectivity index is 0.00000196. The van der Waals surface area contributed by atoms with Crippen LogP contribution in [0.2, 0.25) is 0 Å².